The number of nitrogens with zero attached hydrogens (tertiary/aromatic N) is 2. The Labute approximate surface area is 324 Å². The molecule has 0 saturated heterocycles. The van der Waals surface area contributed by atoms with Crippen molar-refractivity contribution in [3.63, 3.8) is 0 Å². The van der Waals surface area contributed by atoms with E-state index >= 15 is 0 Å². The van der Waals surface area contributed by atoms with Gasteiger partial charge in [0, 0.05) is 38.5 Å². The van der Waals surface area contributed by atoms with Crippen molar-refractivity contribution in [2.45, 2.75) is 0 Å². The van der Waals surface area contributed by atoms with Crippen molar-refractivity contribution in [3.8, 4) is 11.1 Å². The lowest BCUT2D eigenvalue weighted by atomic mass is 9.91. The van der Waals surface area contributed by atoms with Crippen molar-refractivity contribution >= 4 is 94.1 Å². The molecule has 264 valence electrons. The fourth-order valence-corrected chi connectivity index (χ4v) is 8.66. The highest BCUT2D eigenvalue weighted by Gasteiger charge is 2.25. The van der Waals surface area contributed by atoms with Gasteiger partial charge < -0.3 is 20.0 Å². The minimum atomic E-state index is 0.730. The molecular weight excluding hydrogens is 683 g/mol. The molecule has 0 aliphatic rings. The number of nitrogen functional groups attached to an aromatic ring is 1. The first kappa shape index (κ1) is 31.9. The number of rotatable bonds is 7. The van der Waals surface area contributed by atoms with E-state index in [1.165, 1.54) is 21.5 Å². The average Bonchev–Trinajstić information content (AvgIpc) is 3.65. The summed E-state index contributed by atoms with van der Waals surface area (Å²) in [4.78, 5) is 4.66. The molecule has 56 heavy (non-hydrogen) atoms. The zero-order valence-electron chi connectivity index (χ0n) is 30.4. The summed E-state index contributed by atoms with van der Waals surface area (Å²) in [6.45, 7) is 0. The first-order chi connectivity index (χ1) is 27.7. The van der Waals surface area contributed by atoms with E-state index in [-0.39, 0.29) is 0 Å². The first-order valence-electron chi connectivity index (χ1n) is 19.0. The highest BCUT2D eigenvalue weighted by Crippen LogP contribution is 2.50. The third-order valence-electron chi connectivity index (χ3n) is 11.2. The van der Waals surface area contributed by atoms with Crippen molar-refractivity contribution in [1.82, 2.24) is 0 Å². The first-order valence-corrected chi connectivity index (χ1v) is 19.0. The number of nitrogens with two attached hydrogens (primary N) is 1. The van der Waals surface area contributed by atoms with Crippen LogP contribution in [-0.2, 0) is 0 Å². The van der Waals surface area contributed by atoms with Crippen molar-refractivity contribution in [2.24, 2.45) is 0 Å². The minimum Gasteiger partial charge on any atom is -0.454 e. The van der Waals surface area contributed by atoms with E-state index < -0.39 is 0 Å². The second kappa shape index (κ2) is 12.8. The lowest BCUT2D eigenvalue weighted by Crippen LogP contribution is -2.13. The Bertz CT molecular complexity index is 3210. The molecule has 0 aliphatic carbocycles. The van der Waals surface area contributed by atoms with E-state index in [4.69, 9.17) is 10.2 Å². The van der Waals surface area contributed by atoms with Crippen molar-refractivity contribution in [3.05, 3.63) is 200 Å². The summed E-state index contributed by atoms with van der Waals surface area (Å²) in [5.41, 5.74) is 17.9. The van der Waals surface area contributed by atoms with Gasteiger partial charge in [-0.15, -0.1) is 0 Å². The van der Waals surface area contributed by atoms with Gasteiger partial charge in [0.1, 0.15) is 5.58 Å². The molecule has 10 aromatic carbocycles. The standard InChI is InChI=1S/C52H35N3O/c53-51-39(34-14-4-1-5-15-34)21-12-23-46(51)54(37-16-6-2-7-17-37)44-32-28-35-27-31-43-45(33-29-36-26-30-42(44)49(35)50(36)43)55(38-18-8-3-9-19-38)47-24-13-22-41-40-20-10-11-25-48(40)56-52(41)47/h1-33H,53H2. The predicted molar refractivity (Wildman–Crippen MR) is 237 cm³/mol. The number of hydrogen-bond acceptors (Lipinski definition) is 4. The van der Waals surface area contributed by atoms with E-state index in [9.17, 15) is 0 Å². The van der Waals surface area contributed by atoms with Crippen LogP contribution in [-0.4, -0.2) is 0 Å². The Kier molecular flexibility index (Phi) is 7.29. The molecule has 2 N–H and O–H groups in total. The zero-order valence-corrected chi connectivity index (χ0v) is 30.4. The highest BCUT2D eigenvalue weighted by molar-refractivity contribution is 6.28. The monoisotopic (exact) mass is 717 g/mol. The smallest absolute Gasteiger partial charge is 0.159 e. The van der Waals surface area contributed by atoms with Gasteiger partial charge in [-0.3, -0.25) is 0 Å². The molecular formula is C52H35N3O. The van der Waals surface area contributed by atoms with Crippen LogP contribution in [0.2, 0.25) is 0 Å². The molecule has 4 heteroatoms. The number of fused-ring (bicyclic) bond motifs is 3. The van der Waals surface area contributed by atoms with Crippen LogP contribution in [0.15, 0.2) is 205 Å². The molecule has 4 nitrogen and oxygen atoms in total. The Morgan fingerprint density at radius 2 is 0.857 bits per heavy atom. The maximum absolute atomic E-state index is 7.15. The van der Waals surface area contributed by atoms with Gasteiger partial charge in [-0.05, 0) is 81.7 Å². The summed E-state index contributed by atoms with van der Waals surface area (Å²) in [6, 6.07) is 70.7. The van der Waals surface area contributed by atoms with Crippen molar-refractivity contribution in [1.29, 1.82) is 0 Å². The molecule has 1 heterocycles. The summed E-state index contributed by atoms with van der Waals surface area (Å²) in [5.74, 6) is 0. The molecule has 0 saturated carbocycles. The number of hydrogen-bond donors (Lipinski definition) is 1. The largest absolute Gasteiger partial charge is 0.454 e. The lowest BCUT2D eigenvalue weighted by Gasteiger charge is -2.30. The van der Waals surface area contributed by atoms with Crippen LogP contribution in [0, 0.1) is 0 Å². The third kappa shape index (κ3) is 4.93. The summed E-state index contributed by atoms with van der Waals surface area (Å²) in [5, 5.41) is 9.32. The molecule has 0 spiro atoms. The molecule has 0 bridgehead atoms. The summed E-state index contributed by atoms with van der Waals surface area (Å²) < 4.78 is 6.65. The minimum absolute atomic E-state index is 0.730. The van der Waals surface area contributed by atoms with Crippen molar-refractivity contribution < 1.29 is 4.42 Å². The summed E-state index contributed by atoms with van der Waals surface area (Å²) in [7, 11) is 0. The van der Waals surface area contributed by atoms with Crippen molar-refractivity contribution in [2.75, 3.05) is 15.5 Å². The lowest BCUT2D eigenvalue weighted by molar-refractivity contribution is 0.669. The Morgan fingerprint density at radius 1 is 0.357 bits per heavy atom. The van der Waals surface area contributed by atoms with E-state index in [1.54, 1.807) is 0 Å². The predicted octanol–water partition coefficient (Wildman–Crippen LogP) is 14.7. The normalized spacial score (nSPS) is 11.6. The second-order valence-electron chi connectivity index (χ2n) is 14.3. The number of furan rings is 1. The van der Waals surface area contributed by atoms with Gasteiger partial charge in [-0.2, -0.15) is 0 Å². The van der Waals surface area contributed by atoms with Gasteiger partial charge in [-0.25, -0.2) is 0 Å². The highest BCUT2D eigenvalue weighted by atomic mass is 16.3. The van der Waals surface area contributed by atoms with Gasteiger partial charge >= 0.3 is 0 Å². The molecule has 11 rings (SSSR count). The number of benzene rings is 10. The van der Waals surface area contributed by atoms with E-state index in [0.29, 0.717) is 0 Å². The van der Waals surface area contributed by atoms with Crippen LogP contribution in [0.4, 0.5) is 39.8 Å². The Hall–Kier alpha value is -7.56. The third-order valence-corrected chi connectivity index (χ3v) is 11.2. The van der Waals surface area contributed by atoms with Crippen LogP contribution in [0.1, 0.15) is 0 Å². The fraction of sp³-hybridized carbons (Fsp3) is 0. The molecule has 0 unspecified atom stereocenters. The molecule has 0 aliphatic heterocycles. The molecule has 0 radical (unpaired) electrons. The molecule has 11 aromatic rings. The van der Waals surface area contributed by atoms with Gasteiger partial charge in [-0.1, -0.05) is 146 Å². The number of para-hydroxylation sites is 5. The Morgan fingerprint density at radius 3 is 1.50 bits per heavy atom. The van der Waals surface area contributed by atoms with Gasteiger partial charge in [0.2, 0.25) is 0 Å². The van der Waals surface area contributed by atoms with E-state index in [1.807, 2.05) is 18.2 Å². The molecule has 0 fully saturated rings. The van der Waals surface area contributed by atoms with Gasteiger partial charge in [0.15, 0.2) is 5.58 Å². The fourth-order valence-electron chi connectivity index (χ4n) is 8.66. The van der Waals surface area contributed by atoms with Crippen LogP contribution in [0.5, 0.6) is 0 Å². The topological polar surface area (TPSA) is 45.6 Å². The summed E-state index contributed by atoms with van der Waals surface area (Å²) >= 11 is 0. The average molecular weight is 718 g/mol. The van der Waals surface area contributed by atoms with Crippen LogP contribution < -0.4 is 15.5 Å². The van der Waals surface area contributed by atoms with Gasteiger partial charge in [0.05, 0.1) is 28.4 Å². The Balaban J connectivity index is 1.17. The van der Waals surface area contributed by atoms with Crippen LogP contribution >= 0.6 is 0 Å². The zero-order chi connectivity index (χ0) is 37.2. The number of anilines is 7. The van der Waals surface area contributed by atoms with E-state index in [0.717, 1.165) is 83.6 Å². The molecule has 0 amide bonds. The summed E-state index contributed by atoms with van der Waals surface area (Å²) in [6.07, 6.45) is 0. The second-order valence-corrected chi connectivity index (χ2v) is 14.3. The van der Waals surface area contributed by atoms with Gasteiger partial charge in [0.25, 0.3) is 0 Å². The molecule has 0 atom stereocenters. The SMILES string of the molecule is Nc1c(-c2ccccc2)cccc1N(c1ccccc1)c1ccc2ccc3c(N(c4ccccc4)c4cccc5c4oc4ccccc45)ccc4ccc1c2c43. The maximum atomic E-state index is 7.15. The quantitative estimate of drug-likeness (QED) is 0.132. The maximum Gasteiger partial charge on any atom is 0.159 e. The van der Waals surface area contributed by atoms with E-state index in [2.05, 4.69) is 192 Å². The molecule has 1 aromatic heterocycles. The van der Waals surface area contributed by atoms with Crippen LogP contribution in [0.25, 0.3) is 65.4 Å². The van der Waals surface area contributed by atoms with Crippen LogP contribution in [0.3, 0.4) is 0 Å².